The average molecular weight is 823 g/mol. The zero-order valence-electron chi connectivity index (χ0n) is 30.6. The molecular weight excluding hydrogens is 771 g/mol. The van der Waals surface area contributed by atoms with Crippen molar-refractivity contribution in [2.24, 2.45) is 11.8 Å². The number of benzene rings is 3. The molecule has 6 rings (SSSR count). The Kier molecular flexibility index (Phi) is 11.2. The molecule has 1 N–H and O–H groups in total. The maximum atomic E-state index is 11.7. The van der Waals surface area contributed by atoms with Crippen LogP contribution < -0.4 is 0 Å². The van der Waals surface area contributed by atoms with Gasteiger partial charge >= 0.3 is 0 Å². The Morgan fingerprint density at radius 1 is 0.958 bits per heavy atom. The minimum Gasteiger partial charge on any atom is -0.512 e. The molecule has 4 nitrogen and oxygen atoms in total. The van der Waals surface area contributed by atoms with Crippen LogP contribution in [0.15, 0.2) is 58.8 Å². The minimum atomic E-state index is -0.248. The number of fused-ring (bicyclic) bond motifs is 4. The van der Waals surface area contributed by atoms with Crippen LogP contribution in [-0.2, 0) is 35.7 Å². The first-order valence-corrected chi connectivity index (χ1v) is 17.4. The zero-order valence-corrected chi connectivity index (χ0v) is 33.0. The maximum absolute atomic E-state index is 11.7. The van der Waals surface area contributed by atoms with Gasteiger partial charge in [0.25, 0.3) is 0 Å². The Balaban J connectivity index is 0.000000279. The van der Waals surface area contributed by atoms with Gasteiger partial charge in [0.2, 0.25) is 0 Å². The Morgan fingerprint density at radius 3 is 2.21 bits per heavy atom. The topological polar surface area (TPSA) is 63.3 Å². The Morgan fingerprint density at radius 2 is 1.60 bits per heavy atom. The molecule has 0 fully saturated rings. The van der Waals surface area contributed by atoms with Crippen LogP contribution in [-0.4, -0.2) is 15.9 Å². The number of carbonyl (C=O) groups is 1. The summed E-state index contributed by atoms with van der Waals surface area (Å²) < 4.78 is 6.67. The molecule has 0 saturated heterocycles. The van der Waals surface area contributed by atoms with E-state index in [-0.39, 0.29) is 54.3 Å². The molecule has 0 atom stereocenters. The maximum Gasteiger partial charge on any atom is 0.162 e. The van der Waals surface area contributed by atoms with E-state index in [1.807, 2.05) is 33.9 Å². The molecule has 5 heteroatoms. The van der Waals surface area contributed by atoms with Crippen molar-refractivity contribution in [3.63, 3.8) is 0 Å². The standard InChI is InChI=1S/C30H28NO.C13H24O2.Ir/c1-16-8-10-18-15-31-26-19-11-9-17(2)27-23(19)24-21(30(6,7)25(26)20(18)14-16)12-13-22(28(24)32-27)29(3,4)5;1-5-10(6-2)12(14)9-13(15)11(7-3)8-4;/h8-10,12-15H,1-7H3;9-11,14H,5-8H2,1-4H3;/q-1;;/b;12-9-;. The second-order valence-corrected chi connectivity index (χ2v) is 15.0. The molecule has 5 aromatic rings. The van der Waals surface area contributed by atoms with Gasteiger partial charge in [0.15, 0.2) is 5.78 Å². The van der Waals surface area contributed by atoms with Crippen molar-refractivity contribution in [1.82, 2.24) is 4.98 Å². The van der Waals surface area contributed by atoms with Gasteiger partial charge in [-0.05, 0) is 76.6 Å². The number of pyridine rings is 1. The van der Waals surface area contributed by atoms with Crippen LogP contribution >= 0.6 is 0 Å². The predicted octanol–water partition coefficient (Wildman–Crippen LogP) is 12.0. The molecule has 48 heavy (non-hydrogen) atoms. The summed E-state index contributed by atoms with van der Waals surface area (Å²) in [7, 11) is 0. The van der Waals surface area contributed by atoms with Crippen LogP contribution in [0.5, 0.6) is 0 Å². The van der Waals surface area contributed by atoms with Crippen LogP contribution in [0.1, 0.15) is 116 Å². The van der Waals surface area contributed by atoms with Gasteiger partial charge in [-0.1, -0.05) is 116 Å². The summed E-state index contributed by atoms with van der Waals surface area (Å²) in [6.07, 6.45) is 6.92. The third-order valence-electron chi connectivity index (χ3n) is 10.4. The zero-order chi connectivity index (χ0) is 34.4. The summed E-state index contributed by atoms with van der Waals surface area (Å²) in [5.74, 6) is 0.547. The molecule has 1 radical (unpaired) electrons. The van der Waals surface area contributed by atoms with Crippen molar-refractivity contribution in [2.45, 2.75) is 113 Å². The van der Waals surface area contributed by atoms with Crippen molar-refractivity contribution in [2.75, 3.05) is 0 Å². The first-order valence-electron chi connectivity index (χ1n) is 17.4. The Hall–Kier alpha value is -3.27. The van der Waals surface area contributed by atoms with Crippen LogP contribution in [0.4, 0.5) is 0 Å². The molecule has 257 valence electrons. The van der Waals surface area contributed by atoms with Crippen molar-refractivity contribution in [1.29, 1.82) is 0 Å². The number of aryl methyl sites for hydroxylation is 2. The average Bonchev–Trinajstić information content (AvgIpc) is 3.39. The summed E-state index contributed by atoms with van der Waals surface area (Å²) in [6.45, 7) is 23.8. The molecule has 0 saturated carbocycles. The summed E-state index contributed by atoms with van der Waals surface area (Å²) in [5.41, 5.74) is 9.98. The fourth-order valence-corrected chi connectivity index (χ4v) is 7.40. The summed E-state index contributed by atoms with van der Waals surface area (Å²) in [4.78, 5) is 16.8. The summed E-state index contributed by atoms with van der Waals surface area (Å²) in [5, 5.41) is 14.6. The third kappa shape index (κ3) is 6.53. The number of allylic oxidation sites excluding steroid dienone is 2. The largest absolute Gasteiger partial charge is 0.512 e. The Bertz CT molecular complexity index is 2000. The number of furan rings is 1. The molecule has 2 aromatic heterocycles. The molecule has 0 spiro atoms. The fraction of sp³-hybridized carbons (Fsp3) is 0.442. The molecule has 0 amide bonds. The second kappa shape index (κ2) is 14.3. The first-order chi connectivity index (χ1) is 22.2. The van der Waals surface area contributed by atoms with Crippen molar-refractivity contribution in [3.8, 4) is 11.3 Å². The number of aliphatic hydroxyl groups excluding tert-OH is 1. The number of hydrogen-bond acceptors (Lipinski definition) is 4. The first kappa shape index (κ1) is 37.5. The Labute approximate surface area is 300 Å². The predicted molar refractivity (Wildman–Crippen MR) is 197 cm³/mol. The third-order valence-corrected chi connectivity index (χ3v) is 10.4. The molecule has 3 aromatic carbocycles. The summed E-state index contributed by atoms with van der Waals surface area (Å²) >= 11 is 0. The van der Waals surface area contributed by atoms with Gasteiger partial charge in [-0.15, -0.1) is 17.7 Å². The minimum absolute atomic E-state index is 0. The van der Waals surface area contributed by atoms with E-state index in [0.29, 0.717) is 0 Å². The van der Waals surface area contributed by atoms with E-state index in [4.69, 9.17) is 9.40 Å². The van der Waals surface area contributed by atoms with E-state index in [1.54, 1.807) is 0 Å². The molecule has 1 aliphatic carbocycles. The van der Waals surface area contributed by atoms with Gasteiger partial charge < -0.3 is 14.5 Å². The van der Waals surface area contributed by atoms with E-state index in [0.717, 1.165) is 59.1 Å². The monoisotopic (exact) mass is 823 g/mol. The van der Waals surface area contributed by atoms with Crippen LogP contribution in [0.25, 0.3) is 44.0 Å². The number of ketones is 1. The molecule has 0 unspecified atom stereocenters. The van der Waals surface area contributed by atoms with E-state index in [2.05, 4.69) is 90.9 Å². The summed E-state index contributed by atoms with van der Waals surface area (Å²) in [6, 6.07) is 16.9. The number of carbonyl (C=O) groups excluding carboxylic acids is 1. The molecule has 1 aliphatic rings. The number of rotatable bonds is 7. The van der Waals surface area contributed by atoms with Gasteiger partial charge in [-0.3, -0.25) is 4.79 Å². The number of nitrogens with zero attached hydrogens (tertiary/aromatic N) is 1. The van der Waals surface area contributed by atoms with Gasteiger partial charge in [-0.2, -0.15) is 0 Å². The van der Waals surface area contributed by atoms with Crippen molar-refractivity contribution in [3.05, 3.63) is 88.3 Å². The fourth-order valence-electron chi connectivity index (χ4n) is 7.40. The second-order valence-electron chi connectivity index (χ2n) is 15.0. The molecular formula is C43H52IrNO3-. The number of hydrogen-bond donors (Lipinski definition) is 1. The van der Waals surface area contributed by atoms with Crippen LogP contribution in [0.3, 0.4) is 0 Å². The smallest absolute Gasteiger partial charge is 0.162 e. The van der Waals surface area contributed by atoms with Gasteiger partial charge in [0.1, 0.15) is 5.58 Å². The van der Waals surface area contributed by atoms with Crippen molar-refractivity contribution >= 4 is 38.5 Å². The number of aromatic nitrogens is 1. The van der Waals surface area contributed by atoms with E-state index in [9.17, 15) is 9.90 Å². The SMILES string of the molecule is CCC(CC)C(=O)/C=C(\O)C(CC)CC.Cc1ccc2cnc3c(c2c1)C(C)(C)c1ccc(C(C)(C)C)c2oc4c(C)c[c-]c-3c4c12.[Ir]. The molecule has 2 heterocycles. The van der Waals surface area contributed by atoms with Gasteiger partial charge in [0, 0.05) is 49.6 Å². The van der Waals surface area contributed by atoms with Crippen molar-refractivity contribution < 1.29 is 34.4 Å². The van der Waals surface area contributed by atoms with Gasteiger partial charge in [-0.25, -0.2) is 0 Å². The van der Waals surface area contributed by atoms with E-state index >= 15 is 0 Å². The van der Waals surface area contributed by atoms with Crippen LogP contribution in [0, 0.1) is 31.7 Å². The quantitative estimate of drug-likeness (QED) is 0.101. The van der Waals surface area contributed by atoms with Crippen LogP contribution in [0.2, 0.25) is 0 Å². The van der Waals surface area contributed by atoms with E-state index < -0.39 is 0 Å². The molecule has 0 bridgehead atoms. The number of aliphatic hydroxyl groups is 1. The van der Waals surface area contributed by atoms with Gasteiger partial charge in [0.05, 0.1) is 11.3 Å². The van der Waals surface area contributed by atoms with E-state index in [1.165, 1.54) is 44.5 Å². The molecule has 0 aliphatic heterocycles. The normalized spacial score (nSPS) is 13.9.